The normalized spacial score (nSPS) is 18.6. The van der Waals surface area contributed by atoms with Crippen molar-refractivity contribution in [2.45, 2.75) is 31.5 Å². The van der Waals surface area contributed by atoms with Gasteiger partial charge in [-0.05, 0) is 43.5 Å². The Labute approximate surface area is 205 Å². The summed E-state index contributed by atoms with van der Waals surface area (Å²) in [6, 6.07) is 6.97. The summed E-state index contributed by atoms with van der Waals surface area (Å²) in [5.41, 5.74) is 0.862. The minimum Gasteiger partial charge on any atom is -0.490 e. The third-order valence-electron chi connectivity index (χ3n) is 7.38. The van der Waals surface area contributed by atoms with Crippen molar-refractivity contribution < 1.29 is 14.2 Å². The monoisotopic (exact) mass is 497 g/mol. The molecule has 1 unspecified atom stereocenters. The van der Waals surface area contributed by atoms with E-state index in [9.17, 15) is 14.3 Å². The fraction of sp³-hybridized carbons (Fsp3) is 0.400. The maximum absolute atomic E-state index is 14.3. The number of nitrogens with zero attached hydrogens (tertiary/aromatic N) is 5. The van der Waals surface area contributed by atoms with E-state index in [1.54, 1.807) is 25.4 Å². The quantitative estimate of drug-likeness (QED) is 0.440. The number of benzene rings is 1. The second kappa shape index (κ2) is 8.29. The van der Waals surface area contributed by atoms with E-state index in [0.717, 1.165) is 31.3 Å². The molecule has 182 valence electrons. The van der Waals surface area contributed by atoms with Crippen molar-refractivity contribution in [1.82, 2.24) is 24.1 Å². The fourth-order valence-electron chi connectivity index (χ4n) is 5.55. The highest BCUT2D eigenvalue weighted by atomic mass is 35.5. The summed E-state index contributed by atoms with van der Waals surface area (Å²) in [4.78, 5) is 14.8. The maximum atomic E-state index is 14.3. The number of aliphatic hydroxyl groups excluding tert-OH is 1. The summed E-state index contributed by atoms with van der Waals surface area (Å²) in [7, 11) is 1.70. The highest BCUT2D eigenvalue weighted by molar-refractivity contribution is 6.35. The fourth-order valence-corrected chi connectivity index (χ4v) is 5.80. The molecule has 0 amide bonds. The first-order chi connectivity index (χ1) is 16.8. The molecule has 1 aliphatic heterocycles. The van der Waals surface area contributed by atoms with Gasteiger partial charge in [-0.15, -0.1) is 10.2 Å². The van der Waals surface area contributed by atoms with Crippen molar-refractivity contribution in [3.8, 4) is 5.75 Å². The van der Waals surface area contributed by atoms with E-state index in [1.807, 2.05) is 12.1 Å². The van der Waals surface area contributed by atoms with Crippen molar-refractivity contribution >= 4 is 28.0 Å². The van der Waals surface area contributed by atoms with Gasteiger partial charge in [0.15, 0.2) is 5.65 Å². The third kappa shape index (κ3) is 3.87. The number of hydrogen-bond acceptors (Lipinski definition) is 6. The lowest BCUT2D eigenvalue weighted by atomic mass is 9.61. The predicted molar refractivity (Wildman–Crippen MR) is 129 cm³/mol. The zero-order valence-electron chi connectivity index (χ0n) is 19.2. The van der Waals surface area contributed by atoms with Crippen LogP contribution in [-0.4, -0.2) is 54.9 Å². The van der Waals surface area contributed by atoms with Gasteiger partial charge < -0.3 is 19.3 Å². The van der Waals surface area contributed by atoms with Gasteiger partial charge in [-0.25, -0.2) is 4.39 Å². The molecule has 1 saturated heterocycles. The molecule has 1 aromatic carbocycles. The average Bonchev–Trinajstić information content (AvgIpc) is 3.23. The zero-order chi connectivity index (χ0) is 24.3. The number of halogens is 2. The number of rotatable bonds is 6. The SMILES string of the molecule is Cn1ccc2c(OC3CC4(C3)CN(CCC(O)c3cc5nncn5cc3F)C4)ccc(Cl)c2c1=O. The second-order valence-electron chi connectivity index (χ2n) is 9.90. The van der Waals surface area contributed by atoms with Crippen LogP contribution >= 0.6 is 11.6 Å². The Bertz CT molecular complexity index is 1490. The number of likely N-dealkylation sites (tertiary alicyclic amines) is 1. The Hall–Kier alpha value is -3.01. The molecule has 8 nitrogen and oxygen atoms in total. The number of fused-ring (bicyclic) bond motifs is 2. The van der Waals surface area contributed by atoms with Crippen molar-refractivity contribution in [1.29, 1.82) is 0 Å². The van der Waals surface area contributed by atoms with Crippen LogP contribution in [0.1, 0.15) is 30.9 Å². The predicted octanol–water partition coefficient (Wildman–Crippen LogP) is 3.34. The molecule has 3 aromatic heterocycles. The van der Waals surface area contributed by atoms with Gasteiger partial charge in [-0.2, -0.15) is 0 Å². The van der Waals surface area contributed by atoms with Crippen LogP contribution in [0.5, 0.6) is 5.75 Å². The average molecular weight is 498 g/mol. The first kappa shape index (κ1) is 22.5. The number of aromatic nitrogens is 4. The zero-order valence-corrected chi connectivity index (χ0v) is 20.0. The van der Waals surface area contributed by atoms with E-state index in [2.05, 4.69) is 15.1 Å². The van der Waals surface area contributed by atoms with Gasteiger partial charge >= 0.3 is 0 Å². The molecule has 2 aliphatic rings. The van der Waals surface area contributed by atoms with Gasteiger partial charge in [-0.3, -0.25) is 9.20 Å². The van der Waals surface area contributed by atoms with Crippen molar-refractivity contribution in [2.75, 3.05) is 19.6 Å². The number of aryl methyl sites for hydroxylation is 1. The molecule has 35 heavy (non-hydrogen) atoms. The van der Waals surface area contributed by atoms with Gasteiger partial charge in [0.1, 0.15) is 17.9 Å². The Kier molecular flexibility index (Phi) is 5.32. The van der Waals surface area contributed by atoms with Gasteiger partial charge in [0.25, 0.3) is 5.56 Å². The third-order valence-corrected chi connectivity index (χ3v) is 7.69. The smallest absolute Gasteiger partial charge is 0.259 e. The van der Waals surface area contributed by atoms with E-state index < -0.39 is 11.9 Å². The lowest BCUT2D eigenvalue weighted by Gasteiger charge is -2.58. The van der Waals surface area contributed by atoms with E-state index in [0.29, 0.717) is 34.8 Å². The van der Waals surface area contributed by atoms with E-state index >= 15 is 0 Å². The Morgan fingerprint density at radius 3 is 2.91 bits per heavy atom. The van der Waals surface area contributed by atoms with Gasteiger partial charge in [-0.1, -0.05) is 11.6 Å². The van der Waals surface area contributed by atoms with Gasteiger partial charge in [0, 0.05) is 55.4 Å². The molecule has 1 aliphatic carbocycles. The van der Waals surface area contributed by atoms with Crippen LogP contribution in [0.25, 0.3) is 16.4 Å². The highest BCUT2D eigenvalue weighted by Gasteiger charge is 2.53. The molecule has 1 saturated carbocycles. The largest absolute Gasteiger partial charge is 0.490 e. The van der Waals surface area contributed by atoms with Crippen molar-refractivity contribution in [3.63, 3.8) is 0 Å². The molecule has 4 aromatic rings. The first-order valence-corrected chi connectivity index (χ1v) is 12.0. The van der Waals surface area contributed by atoms with Crippen LogP contribution in [-0.2, 0) is 7.05 Å². The summed E-state index contributed by atoms with van der Waals surface area (Å²) in [5.74, 6) is 0.226. The molecule has 10 heteroatoms. The first-order valence-electron chi connectivity index (χ1n) is 11.7. The van der Waals surface area contributed by atoms with Crippen molar-refractivity contribution in [2.24, 2.45) is 12.5 Å². The van der Waals surface area contributed by atoms with Crippen LogP contribution in [0.3, 0.4) is 0 Å². The summed E-state index contributed by atoms with van der Waals surface area (Å²) < 4.78 is 23.6. The molecule has 4 heterocycles. The highest BCUT2D eigenvalue weighted by Crippen LogP contribution is 2.50. The van der Waals surface area contributed by atoms with Crippen LogP contribution < -0.4 is 10.3 Å². The van der Waals surface area contributed by atoms with Crippen LogP contribution in [0, 0.1) is 11.2 Å². The van der Waals surface area contributed by atoms with Crippen LogP contribution in [0.2, 0.25) is 5.02 Å². The molecule has 1 atom stereocenters. The lowest BCUT2D eigenvalue weighted by molar-refractivity contribution is -0.120. The van der Waals surface area contributed by atoms with E-state index in [4.69, 9.17) is 16.3 Å². The Morgan fingerprint density at radius 1 is 1.31 bits per heavy atom. The molecular weight excluding hydrogens is 473 g/mol. The number of ether oxygens (including phenoxy) is 1. The molecule has 6 rings (SSSR count). The molecule has 1 spiro atoms. The Balaban J connectivity index is 1.03. The summed E-state index contributed by atoms with van der Waals surface area (Å²) in [6.45, 7) is 2.57. The minimum atomic E-state index is -0.892. The number of pyridine rings is 2. The molecular formula is C25H25ClFN5O3. The van der Waals surface area contributed by atoms with Gasteiger partial charge in [0.05, 0.1) is 22.6 Å². The van der Waals surface area contributed by atoms with Gasteiger partial charge in [0.2, 0.25) is 0 Å². The number of aliphatic hydroxyl groups is 1. The topological polar surface area (TPSA) is 84.9 Å². The summed E-state index contributed by atoms with van der Waals surface area (Å²) in [6.07, 6.45) is 5.99. The van der Waals surface area contributed by atoms with Crippen LogP contribution in [0.4, 0.5) is 4.39 Å². The van der Waals surface area contributed by atoms with E-state index in [-0.39, 0.29) is 22.6 Å². The van der Waals surface area contributed by atoms with Crippen molar-refractivity contribution in [3.05, 3.63) is 69.7 Å². The number of hydrogen-bond donors (Lipinski definition) is 1. The minimum absolute atomic E-state index is 0.0974. The standard InChI is InChI=1S/C25H25ClFN5O3/c1-30-6-4-16-21(3-2-18(26)23(16)24(30)34)35-15-9-25(10-15)12-31(13-25)7-5-20(33)17-8-22-29-28-14-32(22)11-19(17)27/h2-4,6,8,11,14-15,20,33H,5,7,9-10,12-13H2,1H3. The lowest BCUT2D eigenvalue weighted by Crippen LogP contribution is -2.64. The second-order valence-corrected chi connectivity index (χ2v) is 10.3. The van der Waals surface area contributed by atoms with Crippen LogP contribution in [0.15, 0.2) is 47.8 Å². The Morgan fingerprint density at radius 2 is 2.11 bits per heavy atom. The molecule has 0 radical (unpaired) electrons. The summed E-state index contributed by atoms with van der Waals surface area (Å²) in [5, 5.41) is 19.9. The molecule has 0 bridgehead atoms. The van der Waals surface area contributed by atoms with E-state index in [1.165, 1.54) is 21.5 Å². The summed E-state index contributed by atoms with van der Waals surface area (Å²) >= 11 is 6.28. The molecule has 2 fully saturated rings. The maximum Gasteiger partial charge on any atom is 0.259 e. The molecule has 1 N–H and O–H groups in total.